The van der Waals surface area contributed by atoms with E-state index < -0.39 is 5.97 Å². The second-order valence-electron chi connectivity index (χ2n) is 5.52. The number of amides is 1. The Hall–Kier alpha value is -3.48. The molecule has 2 aromatic heterocycles. The number of rotatable bonds is 5. The molecule has 1 N–H and O–H groups in total. The smallest absolute Gasteiger partial charge is 0.341 e. The van der Waals surface area contributed by atoms with Crippen molar-refractivity contribution in [2.75, 3.05) is 11.9 Å². The normalized spacial score (nSPS) is 10.4. The van der Waals surface area contributed by atoms with E-state index in [9.17, 15) is 9.59 Å². The number of carbonyl (C=O) groups is 2. The summed E-state index contributed by atoms with van der Waals surface area (Å²) in [6.07, 6.45) is 4.70. The topological polar surface area (TPSA) is 86.1 Å². The summed E-state index contributed by atoms with van der Waals surface area (Å²) in [6.45, 7) is 3.86. The molecule has 0 saturated carbocycles. The minimum atomic E-state index is -0.399. The van der Waals surface area contributed by atoms with Gasteiger partial charge in [0.05, 0.1) is 36.1 Å². The summed E-state index contributed by atoms with van der Waals surface area (Å²) in [7, 11) is 0. The van der Waals surface area contributed by atoms with Gasteiger partial charge in [0.1, 0.15) is 5.56 Å². The van der Waals surface area contributed by atoms with Crippen molar-refractivity contribution in [1.82, 2.24) is 14.8 Å². The van der Waals surface area contributed by atoms with Gasteiger partial charge in [-0.1, -0.05) is 0 Å². The van der Waals surface area contributed by atoms with Crippen LogP contribution < -0.4 is 5.32 Å². The molecule has 1 amide bonds. The molecule has 0 aliphatic carbocycles. The molecule has 26 heavy (non-hydrogen) atoms. The lowest BCUT2D eigenvalue weighted by Crippen LogP contribution is -2.12. The van der Waals surface area contributed by atoms with Gasteiger partial charge in [0.2, 0.25) is 0 Å². The van der Waals surface area contributed by atoms with Gasteiger partial charge < -0.3 is 10.1 Å². The van der Waals surface area contributed by atoms with Crippen molar-refractivity contribution in [2.45, 2.75) is 13.8 Å². The molecule has 0 atom stereocenters. The number of aromatic nitrogens is 3. The minimum Gasteiger partial charge on any atom is -0.462 e. The van der Waals surface area contributed by atoms with Crippen LogP contribution in [-0.2, 0) is 4.74 Å². The SMILES string of the molecule is CCOC(=O)c1cnn(-c2ccc(C(=O)Nc3cccnc3)cc2)c1C. The van der Waals surface area contributed by atoms with Crippen LogP contribution in [0.3, 0.4) is 0 Å². The highest BCUT2D eigenvalue weighted by Gasteiger charge is 2.16. The van der Waals surface area contributed by atoms with Crippen LogP contribution >= 0.6 is 0 Å². The zero-order chi connectivity index (χ0) is 18.5. The highest BCUT2D eigenvalue weighted by atomic mass is 16.5. The average Bonchev–Trinajstić information content (AvgIpc) is 3.04. The molecular formula is C19H18N4O3. The summed E-state index contributed by atoms with van der Waals surface area (Å²) in [4.78, 5) is 28.1. The molecule has 0 aliphatic heterocycles. The predicted molar refractivity (Wildman–Crippen MR) is 96.4 cm³/mol. The fourth-order valence-electron chi connectivity index (χ4n) is 2.47. The number of anilines is 1. The molecule has 7 nitrogen and oxygen atoms in total. The molecule has 0 unspecified atom stereocenters. The lowest BCUT2D eigenvalue weighted by atomic mass is 10.2. The molecule has 0 spiro atoms. The van der Waals surface area contributed by atoms with E-state index in [2.05, 4.69) is 15.4 Å². The van der Waals surface area contributed by atoms with Crippen LogP contribution in [0.4, 0.5) is 5.69 Å². The summed E-state index contributed by atoms with van der Waals surface area (Å²) >= 11 is 0. The fraction of sp³-hybridized carbons (Fsp3) is 0.158. The van der Waals surface area contributed by atoms with Crippen LogP contribution in [0.15, 0.2) is 55.0 Å². The third kappa shape index (κ3) is 3.61. The Morgan fingerprint density at radius 2 is 1.92 bits per heavy atom. The van der Waals surface area contributed by atoms with Crippen molar-refractivity contribution in [3.63, 3.8) is 0 Å². The van der Waals surface area contributed by atoms with Gasteiger partial charge in [0.25, 0.3) is 5.91 Å². The van der Waals surface area contributed by atoms with Crippen LogP contribution in [-0.4, -0.2) is 33.2 Å². The standard InChI is InChI=1S/C19H18N4O3/c1-3-26-19(25)17-12-21-23(13(17)2)16-8-6-14(7-9-16)18(24)22-15-5-4-10-20-11-15/h4-12H,3H2,1-2H3,(H,22,24). The molecule has 7 heteroatoms. The fourth-order valence-corrected chi connectivity index (χ4v) is 2.47. The number of pyridine rings is 1. The average molecular weight is 350 g/mol. The minimum absolute atomic E-state index is 0.228. The quantitative estimate of drug-likeness (QED) is 0.715. The van der Waals surface area contributed by atoms with Crippen molar-refractivity contribution < 1.29 is 14.3 Å². The van der Waals surface area contributed by atoms with Gasteiger partial charge in [-0.05, 0) is 50.2 Å². The highest BCUT2D eigenvalue weighted by molar-refractivity contribution is 6.04. The first kappa shape index (κ1) is 17.3. The van der Waals surface area contributed by atoms with E-state index >= 15 is 0 Å². The first-order valence-corrected chi connectivity index (χ1v) is 8.13. The Balaban J connectivity index is 1.78. The Kier molecular flexibility index (Phi) is 5.07. The van der Waals surface area contributed by atoms with Crippen molar-refractivity contribution in [3.8, 4) is 5.69 Å². The van der Waals surface area contributed by atoms with E-state index in [1.807, 2.05) is 0 Å². The van der Waals surface area contributed by atoms with Crippen LogP contribution in [0, 0.1) is 6.92 Å². The molecule has 132 valence electrons. The molecule has 0 fully saturated rings. The van der Waals surface area contributed by atoms with E-state index in [0.717, 1.165) is 5.69 Å². The molecule has 0 aliphatic rings. The number of carbonyl (C=O) groups excluding carboxylic acids is 2. The monoisotopic (exact) mass is 350 g/mol. The summed E-state index contributed by atoms with van der Waals surface area (Å²) in [5.41, 5.74) is 2.98. The Morgan fingerprint density at radius 3 is 2.58 bits per heavy atom. The lowest BCUT2D eigenvalue weighted by Gasteiger charge is -2.08. The number of benzene rings is 1. The second-order valence-corrected chi connectivity index (χ2v) is 5.52. The van der Waals surface area contributed by atoms with Crippen LogP contribution in [0.25, 0.3) is 5.69 Å². The third-order valence-corrected chi connectivity index (χ3v) is 3.80. The highest BCUT2D eigenvalue weighted by Crippen LogP contribution is 2.16. The van der Waals surface area contributed by atoms with Crippen molar-refractivity contribution >= 4 is 17.6 Å². The maximum absolute atomic E-state index is 12.3. The first-order valence-electron chi connectivity index (χ1n) is 8.13. The molecule has 3 aromatic rings. The molecule has 0 bridgehead atoms. The zero-order valence-electron chi connectivity index (χ0n) is 14.5. The molecule has 3 rings (SSSR count). The summed E-state index contributed by atoms with van der Waals surface area (Å²) in [5.74, 6) is -0.627. The van der Waals surface area contributed by atoms with E-state index in [1.165, 1.54) is 6.20 Å². The summed E-state index contributed by atoms with van der Waals surface area (Å²) in [5, 5.41) is 7.02. The first-order chi connectivity index (χ1) is 12.6. The Bertz CT molecular complexity index is 918. The van der Waals surface area contributed by atoms with E-state index in [-0.39, 0.29) is 5.91 Å². The molecule has 1 aromatic carbocycles. The lowest BCUT2D eigenvalue weighted by molar-refractivity contribution is 0.0525. The number of nitrogens with one attached hydrogen (secondary N) is 1. The van der Waals surface area contributed by atoms with Gasteiger partial charge in [-0.3, -0.25) is 9.78 Å². The van der Waals surface area contributed by atoms with Gasteiger partial charge in [-0.15, -0.1) is 0 Å². The Morgan fingerprint density at radius 1 is 1.15 bits per heavy atom. The van der Waals surface area contributed by atoms with E-state index in [4.69, 9.17) is 4.74 Å². The maximum Gasteiger partial charge on any atom is 0.341 e. The van der Waals surface area contributed by atoms with Crippen molar-refractivity contribution in [3.05, 3.63) is 71.8 Å². The largest absolute Gasteiger partial charge is 0.462 e. The predicted octanol–water partition coefficient (Wildman–Crippen LogP) is 3.00. The van der Waals surface area contributed by atoms with E-state index in [0.29, 0.717) is 29.1 Å². The van der Waals surface area contributed by atoms with Gasteiger partial charge in [0, 0.05) is 11.8 Å². The summed E-state index contributed by atoms with van der Waals surface area (Å²) in [6, 6.07) is 10.5. The van der Waals surface area contributed by atoms with Gasteiger partial charge in [-0.25, -0.2) is 9.48 Å². The van der Waals surface area contributed by atoms with Crippen LogP contribution in [0.5, 0.6) is 0 Å². The van der Waals surface area contributed by atoms with Crippen LogP contribution in [0.1, 0.15) is 33.3 Å². The number of hydrogen-bond acceptors (Lipinski definition) is 5. The zero-order valence-corrected chi connectivity index (χ0v) is 14.5. The van der Waals surface area contributed by atoms with Gasteiger partial charge >= 0.3 is 5.97 Å². The van der Waals surface area contributed by atoms with E-state index in [1.54, 1.807) is 67.3 Å². The number of nitrogens with zero attached hydrogens (tertiary/aromatic N) is 3. The summed E-state index contributed by atoms with van der Waals surface area (Å²) < 4.78 is 6.65. The number of hydrogen-bond donors (Lipinski definition) is 1. The van der Waals surface area contributed by atoms with Crippen LogP contribution in [0.2, 0.25) is 0 Å². The van der Waals surface area contributed by atoms with Gasteiger partial charge in [-0.2, -0.15) is 5.10 Å². The van der Waals surface area contributed by atoms with Gasteiger partial charge in [0.15, 0.2) is 0 Å². The maximum atomic E-state index is 12.3. The number of esters is 1. The Labute approximate surface area is 150 Å². The molecular weight excluding hydrogens is 332 g/mol. The molecule has 0 saturated heterocycles. The van der Waals surface area contributed by atoms with Crippen molar-refractivity contribution in [1.29, 1.82) is 0 Å². The molecule has 2 heterocycles. The number of ether oxygens (including phenoxy) is 1. The molecule has 0 radical (unpaired) electrons. The third-order valence-electron chi connectivity index (χ3n) is 3.80. The second kappa shape index (κ2) is 7.60. The van der Waals surface area contributed by atoms with Crippen molar-refractivity contribution in [2.24, 2.45) is 0 Å².